The second-order valence-electron chi connectivity index (χ2n) is 4.41. The number of nitrogens with one attached hydrogen (secondary N) is 2. The Balaban J connectivity index is 2.36. The monoisotopic (exact) mass is 303 g/mol. The molecule has 1 aromatic rings. The van der Waals surface area contributed by atoms with Gasteiger partial charge in [0.1, 0.15) is 0 Å². The van der Waals surface area contributed by atoms with E-state index in [1.807, 2.05) is 25.5 Å². The SMILES string of the molecule is CN(C)[C@@H](CNC(=O)NCC[S@](C)=O)c1cccs1. The molecule has 2 atom stereocenters. The summed E-state index contributed by atoms with van der Waals surface area (Å²) in [6.45, 7) is 0.981. The highest BCUT2D eigenvalue weighted by Crippen LogP contribution is 2.22. The van der Waals surface area contributed by atoms with E-state index in [-0.39, 0.29) is 12.1 Å². The molecule has 0 unspecified atom stereocenters. The van der Waals surface area contributed by atoms with Crippen LogP contribution < -0.4 is 10.6 Å². The standard InChI is InChI=1S/C12H21N3O2S2/c1-15(2)10(11-5-4-7-18-11)9-14-12(16)13-6-8-19(3)17/h4-5,7,10H,6,8-9H2,1-3H3,(H2,13,14,16)/t10-,19-/m0/s1. The number of hydrogen-bond acceptors (Lipinski definition) is 4. The van der Waals surface area contributed by atoms with Gasteiger partial charge in [-0.05, 0) is 25.5 Å². The molecule has 0 bridgehead atoms. The summed E-state index contributed by atoms with van der Waals surface area (Å²) in [7, 11) is 3.11. The molecule has 0 saturated heterocycles. The van der Waals surface area contributed by atoms with Gasteiger partial charge in [0, 0.05) is 40.8 Å². The van der Waals surface area contributed by atoms with Crippen LogP contribution in [-0.4, -0.2) is 54.3 Å². The van der Waals surface area contributed by atoms with Crippen molar-refractivity contribution in [1.29, 1.82) is 0 Å². The first-order valence-electron chi connectivity index (χ1n) is 6.02. The molecule has 1 rings (SSSR count). The van der Waals surface area contributed by atoms with Crippen LogP contribution in [0.1, 0.15) is 10.9 Å². The van der Waals surface area contributed by atoms with Crippen LogP contribution in [0.4, 0.5) is 4.79 Å². The van der Waals surface area contributed by atoms with Crippen molar-refractivity contribution in [2.24, 2.45) is 0 Å². The van der Waals surface area contributed by atoms with Crippen molar-refractivity contribution in [3.63, 3.8) is 0 Å². The maximum atomic E-state index is 11.6. The fourth-order valence-corrected chi connectivity index (χ4v) is 2.89. The van der Waals surface area contributed by atoms with Crippen molar-refractivity contribution in [2.45, 2.75) is 6.04 Å². The minimum Gasteiger partial charge on any atom is -0.337 e. The van der Waals surface area contributed by atoms with Gasteiger partial charge in [0.15, 0.2) is 0 Å². The lowest BCUT2D eigenvalue weighted by molar-refractivity contribution is 0.234. The molecule has 0 radical (unpaired) electrons. The van der Waals surface area contributed by atoms with Gasteiger partial charge in [0.2, 0.25) is 0 Å². The molecular formula is C12H21N3O2S2. The lowest BCUT2D eigenvalue weighted by atomic mass is 10.2. The van der Waals surface area contributed by atoms with E-state index in [2.05, 4.69) is 21.6 Å². The van der Waals surface area contributed by atoms with Crippen LogP contribution in [0.5, 0.6) is 0 Å². The molecule has 0 aliphatic carbocycles. The first-order chi connectivity index (χ1) is 9.00. The minimum absolute atomic E-state index is 0.172. The Kier molecular flexibility index (Phi) is 7.04. The number of thiophene rings is 1. The average Bonchev–Trinajstić information content (AvgIpc) is 2.82. The van der Waals surface area contributed by atoms with Crippen molar-refractivity contribution in [2.75, 3.05) is 39.2 Å². The van der Waals surface area contributed by atoms with Crippen LogP contribution in [0.3, 0.4) is 0 Å². The largest absolute Gasteiger partial charge is 0.337 e. The third-order valence-corrected chi connectivity index (χ3v) is 4.38. The Morgan fingerprint density at radius 2 is 2.21 bits per heavy atom. The normalized spacial score (nSPS) is 14.1. The van der Waals surface area contributed by atoms with Crippen molar-refractivity contribution in [3.8, 4) is 0 Å². The molecule has 0 fully saturated rings. The van der Waals surface area contributed by atoms with E-state index in [4.69, 9.17) is 0 Å². The Labute approximate surface area is 120 Å². The van der Waals surface area contributed by atoms with Gasteiger partial charge >= 0.3 is 6.03 Å². The van der Waals surface area contributed by atoms with Crippen molar-refractivity contribution in [1.82, 2.24) is 15.5 Å². The molecule has 0 spiro atoms. The molecule has 1 aromatic heterocycles. The van der Waals surface area contributed by atoms with Crippen molar-refractivity contribution in [3.05, 3.63) is 22.4 Å². The van der Waals surface area contributed by atoms with Crippen LogP contribution in [0, 0.1) is 0 Å². The quantitative estimate of drug-likeness (QED) is 0.791. The summed E-state index contributed by atoms with van der Waals surface area (Å²) in [4.78, 5) is 14.9. The summed E-state index contributed by atoms with van der Waals surface area (Å²) < 4.78 is 10.9. The Morgan fingerprint density at radius 1 is 1.47 bits per heavy atom. The van der Waals surface area contributed by atoms with E-state index in [0.29, 0.717) is 18.8 Å². The minimum atomic E-state index is -0.875. The number of carbonyl (C=O) groups is 1. The zero-order valence-corrected chi connectivity index (χ0v) is 13.1. The van der Waals surface area contributed by atoms with Crippen LogP contribution >= 0.6 is 11.3 Å². The lowest BCUT2D eigenvalue weighted by Crippen LogP contribution is -2.41. The van der Waals surface area contributed by atoms with Crippen LogP contribution in [-0.2, 0) is 10.8 Å². The van der Waals surface area contributed by atoms with Crippen molar-refractivity contribution < 1.29 is 9.00 Å². The highest BCUT2D eigenvalue weighted by Gasteiger charge is 2.15. The van der Waals surface area contributed by atoms with Gasteiger partial charge in [-0.2, -0.15) is 0 Å². The van der Waals surface area contributed by atoms with E-state index >= 15 is 0 Å². The first-order valence-corrected chi connectivity index (χ1v) is 8.63. The van der Waals surface area contributed by atoms with Crippen LogP contribution in [0.15, 0.2) is 17.5 Å². The molecule has 1 heterocycles. The molecule has 5 nitrogen and oxygen atoms in total. The second kappa shape index (κ2) is 8.29. The molecule has 2 N–H and O–H groups in total. The third kappa shape index (κ3) is 6.17. The molecular weight excluding hydrogens is 282 g/mol. The van der Waals surface area contributed by atoms with Crippen LogP contribution in [0.2, 0.25) is 0 Å². The van der Waals surface area contributed by atoms with Gasteiger partial charge in [-0.25, -0.2) is 4.79 Å². The van der Waals surface area contributed by atoms with Gasteiger partial charge in [0.05, 0.1) is 6.04 Å². The predicted molar refractivity (Wildman–Crippen MR) is 81.1 cm³/mol. The second-order valence-corrected chi connectivity index (χ2v) is 6.94. The number of urea groups is 1. The summed E-state index contributed by atoms with van der Waals surface area (Å²) in [5, 5.41) is 7.57. The first kappa shape index (κ1) is 16.1. The number of rotatable bonds is 7. The van der Waals surface area contributed by atoms with E-state index in [9.17, 15) is 9.00 Å². The maximum Gasteiger partial charge on any atom is 0.314 e. The van der Waals surface area contributed by atoms with Gasteiger partial charge in [0.25, 0.3) is 0 Å². The lowest BCUT2D eigenvalue weighted by Gasteiger charge is -2.23. The zero-order valence-electron chi connectivity index (χ0n) is 11.5. The van der Waals surface area contributed by atoms with E-state index in [0.717, 1.165) is 0 Å². The molecule has 2 amide bonds. The predicted octanol–water partition coefficient (Wildman–Crippen LogP) is 1.03. The molecule has 7 heteroatoms. The highest BCUT2D eigenvalue weighted by molar-refractivity contribution is 7.84. The summed E-state index contributed by atoms with van der Waals surface area (Å²) in [5.74, 6) is 0.482. The number of nitrogens with zero attached hydrogens (tertiary/aromatic N) is 1. The van der Waals surface area contributed by atoms with E-state index < -0.39 is 10.8 Å². The molecule has 0 aliphatic rings. The molecule has 0 aromatic carbocycles. The number of likely N-dealkylation sites (N-methyl/N-ethyl adjacent to an activating group) is 1. The fraction of sp³-hybridized carbons (Fsp3) is 0.583. The Bertz CT molecular complexity index is 407. The number of amides is 2. The van der Waals surface area contributed by atoms with Crippen molar-refractivity contribution >= 4 is 28.2 Å². The van der Waals surface area contributed by atoms with E-state index in [1.165, 1.54) is 4.88 Å². The third-order valence-electron chi connectivity index (χ3n) is 2.63. The zero-order chi connectivity index (χ0) is 14.3. The van der Waals surface area contributed by atoms with E-state index in [1.54, 1.807) is 17.6 Å². The topological polar surface area (TPSA) is 61.4 Å². The van der Waals surface area contributed by atoms with Gasteiger partial charge in [-0.15, -0.1) is 11.3 Å². The highest BCUT2D eigenvalue weighted by atomic mass is 32.2. The average molecular weight is 303 g/mol. The number of carbonyl (C=O) groups excluding carboxylic acids is 1. The summed E-state index contributed by atoms with van der Waals surface area (Å²) in [6.07, 6.45) is 1.62. The molecule has 0 saturated carbocycles. The van der Waals surface area contributed by atoms with Gasteiger partial charge < -0.3 is 15.5 Å². The number of hydrogen-bond donors (Lipinski definition) is 2. The van der Waals surface area contributed by atoms with Gasteiger partial charge in [-0.1, -0.05) is 6.07 Å². The van der Waals surface area contributed by atoms with Crippen LogP contribution in [0.25, 0.3) is 0 Å². The Hall–Kier alpha value is -0.920. The summed E-state index contributed by atoms with van der Waals surface area (Å²) >= 11 is 1.68. The molecule has 19 heavy (non-hydrogen) atoms. The Morgan fingerprint density at radius 3 is 2.74 bits per heavy atom. The fourth-order valence-electron chi connectivity index (χ4n) is 1.58. The summed E-state index contributed by atoms with van der Waals surface area (Å²) in [5.41, 5.74) is 0. The summed E-state index contributed by atoms with van der Waals surface area (Å²) in [6, 6.07) is 4.03. The van der Waals surface area contributed by atoms with Gasteiger partial charge in [-0.3, -0.25) is 4.21 Å². The maximum absolute atomic E-state index is 11.6. The smallest absolute Gasteiger partial charge is 0.314 e. The molecule has 0 aliphatic heterocycles. The molecule has 108 valence electrons.